The molecule has 0 spiro atoms. The largest absolute Gasteiger partial charge is 0.368 e. The average molecular weight is 472 g/mol. The van der Waals surface area contributed by atoms with E-state index >= 15 is 0 Å². The van der Waals surface area contributed by atoms with Crippen molar-refractivity contribution in [3.63, 3.8) is 0 Å². The van der Waals surface area contributed by atoms with Crippen LogP contribution in [0.1, 0.15) is 36.7 Å². The second-order valence-corrected chi connectivity index (χ2v) is 8.92. The van der Waals surface area contributed by atoms with Gasteiger partial charge in [0.2, 0.25) is 5.95 Å². The van der Waals surface area contributed by atoms with Crippen LogP contribution in [0.25, 0.3) is 33.5 Å². The Hall–Kier alpha value is -4.67. The minimum Gasteiger partial charge on any atom is -0.368 e. The van der Waals surface area contributed by atoms with Crippen molar-refractivity contribution >= 4 is 28.7 Å². The van der Waals surface area contributed by atoms with E-state index in [1.807, 2.05) is 18.2 Å². The highest BCUT2D eigenvalue weighted by molar-refractivity contribution is 6.04. The number of amides is 1. The lowest BCUT2D eigenvalue weighted by Gasteiger charge is -2.25. The molecular weight excluding hydrogens is 444 g/mol. The second kappa shape index (κ2) is 8.93. The zero-order chi connectivity index (χ0) is 25.3. The summed E-state index contributed by atoms with van der Waals surface area (Å²) in [5.74, 6) is 0.691. The zero-order valence-corrected chi connectivity index (χ0v) is 19.9. The van der Waals surface area contributed by atoms with Gasteiger partial charge in [-0.25, -0.2) is 15.0 Å². The lowest BCUT2D eigenvalue weighted by atomic mass is 10.00. The van der Waals surface area contributed by atoms with Crippen LogP contribution in [0.2, 0.25) is 0 Å². The number of hydrogen-bond donors (Lipinski definition) is 4. The Labute approximate surface area is 201 Å². The number of nitrogens with one attached hydrogen (secondary N) is 1. The molecule has 0 saturated carbocycles. The zero-order valence-electron chi connectivity index (χ0n) is 19.9. The Morgan fingerprint density at radius 3 is 2.43 bits per heavy atom. The molecule has 0 radical (unpaired) electrons. The van der Waals surface area contributed by atoms with Crippen molar-refractivity contribution < 1.29 is 10.3 Å². The van der Waals surface area contributed by atoms with Crippen LogP contribution in [0.4, 0.5) is 5.95 Å². The quantitative estimate of drug-likeness (QED) is 0.149. The molecule has 11 heteroatoms. The van der Waals surface area contributed by atoms with Gasteiger partial charge >= 0.3 is 0 Å². The highest BCUT2D eigenvalue weighted by Gasteiger charge is 2.26. The van der Waals surface area contributed by atoms with Gasteiger partial charge in [-0.3, -0.25) is 4.79 Å². The van der Waals surface area contributed by atoms with Gasteiger partial charge in [-0.15, -0.1) is 0 Å². The van der Waals surface area contributed by atoms with Gasteiger partial charge in [-0.05, 0) is 56.7 Å². The molecule has 35 heavy (non-hydrogen) atoms. The minimum absolute atomic E-state index is 0.126. The van der Waals surface area contributed by atoms with Crippen molar-refractivity contribution in [3.05, 3.63) is 59.9 Å². The van der Waals surface area contributed by atoms with Gasteiger partial charge in [0.25, 0.3) is 11.7 Å². The number of rotatable bonds is 5. The molecular formula is C24H27N10O+. The van der Waals surface area contributed by atoms with E-state index in [1.165, 1.54) is 0 Å². The van der Waals surface area contributed by atoms with Gasteiger partial charge in [0, 0.05) is 41.7 Å². The van der Waals surface area contributed by atoms with Crippen molar-refractivity contribution in [2.24, 2.45) is 16.1 Å². The highest BCUT2D eigenvalue weighted by atomic mass is 16.1. The van der Waals surface area contributed by atoms with Crippen molar-refractivity contribution in [2.75, 3.05) is 12.8 Å². The summed E-state index contributed by atoms with van der Waals surface area (Å²) in [6, 6.07) is 11.1. The van der Waals surface area contributed by atoms with Crippen LogP contribution in [0, 0.1) is 0 Å². The van der Waals surface area contributed by atoms with E-state index in [1.54, 1.807) is 37.6 Å². The molecule has 0 unspecified atom stereocenters. The van der Waals surface area contributed by atoms with Gasteiger partial charge < -0.3 is 21.4 Å². The molecule has 7 N–H and O–H groups in total. The molecule has 1 amide bonds. The van der Waals surface area contributed by atoms with E-state index in [0.717, 1.165) is 22.2 Å². The molecule has 4 aromatic rings. The summed E-state index contributed by atoms with van der Waals surface area (Å²) in [6.07, 6.45) is 3.34. The van der Waals surface area contributed by atoms with Crippen LogP contribution in [-0.2, 0) is 5.54 Å². The van der Waals surface area contributed by atoms with Crippen molar-refractivity contribution in [3.8, 4) is 22.5 Å². The maximum Gasteiger partial charge on any atom is 0.273 e. The first-order chi connectivity index (χ1) is 16.6. The molecule has 2 heterocycles. The van der Waals surface area contributed by atoms with Crippen LogP contribution < -0.4 is 22.3 Å². The number of benzene rings is 2. The topological polar surface area (TPSA) is 175 Å². The first-order valence-electron chi connectivity index (χ1n) is 10.8. The van der Waals surface area contributed by atoms with Crippen LogP contribution in [0.3, 0.4) is 0 Å². The van der Waals surface area contributed by atoms with Gasteiger partial charge in [0.05, 0.1) is 21.7 Å². The summed E-state index contributed by atoms with van der Waals surface area (Å²) in [5, 5.41) is 9.70. The van der Waals surface area contributed by atoms with E-state index in [4.69, 9.17) is 22.0 Å². The Bertz CT molecular complexity index is 1460. The summed E-state index contributed by atoms with van der Waals surface area (Å²) in [6.45, 7) is 6.23. The maximum absolute atomic E-state index is 12.8. The van der Waals surface area contributed by atoms with E-state index in [-0.39, 0.29) is 23.2 Å². The lowest BCUT2D eigenvalue weighted by molar-refractivity contribution is -0.221. The van der Waals surface area contributed by atoms with Gasteiger partial charge in [-0.2, -0.15) is 5.53 Å². The first kappa shape index (κ1) is 23.5. The number of nitrogens with zero attached hydrogens (tertiary/aromatic N) is 6. The number of nitrogens with two attached hydrogens (primary N) is 3. The summed E-state index contributed by atoms with van der Waals surface area (Å²) in [7, 11) is 1.58. The van der Waals surface area contributed by atoms with Crippen molar-refractivity contribution in [1.82, 2.24) is 24.8 Å². The van der Waals surface area contributed by atoms with E-state index in [2.05, 4.69) is 50.9 Å². The summed E-state index contributed by atoms with van der Waals surface area (Å²) in [4.78, 5) is 25.9. The molecule has 2 aromatic carbocycles. The molecule has 0 atom stereocenters. The summed E-state index contributed by atoms with van der Waals surface area (Å²) < 4.78 is 2.10. The number of carbonyl (C=O) groups is 1. The average Bonchev–Trinajstić information content (AvgIpc) is 3.23. The fourth-order valence-corrected chi connectivity index (χ4v) is 3.95. The third-order valence-electron chi connectivity index (χ3n) is 5.52. The smallest absolute Gasteiger partial charge is 0.273 e. The number of anilines is 1. The molecule has 0 aliphatic rings. The summed E-state index contributed by atoms with van der Waals surface area (Å²) >= 11 is 0. The highest BCUT2D eigenvalue weighted by Crippen LogP contribution is 2.35. The first-order valence-corrected chi connectivity index (χ1v) is 10.8. The third-order valence-corrected chi connectivity index (χ3v) is 5.52. The molecule has 0 saturated heterocycles. The Balaban J connectivity index is 2.01. The van der Waals surface area contributed by atoms with Gasteiger partial charge in [0.15, 0.2) is 0 Å². The minimum atomic E-state index is -0.363. The Morgan fingerprint density at radius 1 is 1.09 bits per heavy atom. The van der Waals surface area contributed by atoms with Crippen LogP contribution in [-0.4, -0.2) is 38.3 Å². The number of carbonyl (C=O) groups excluding carboxylic acids is 1. The Morgan fingerprint density at radius 2 is 1.80 bits per heavy atom. The van der Waals surface area contributed by atoms with E-state index < -0.39 is 0 Å². The maximum atomic E-state index is 12.8. The SMILES string of the molecule is CNC(=O)c1ccc(/C(N)=N/N=[NH2+])cc1-c1nc2cc(-c3cnc(N)nc3)ccc2n1C(C)(C)C. The molecule has 178 valence electrons. The number of hydrogen-bond acceptors (Lipinski definition) is 6. The Kier molecular flexibility index (Phi) is 6.00. The monoisotopic (exact) mass is 471 g/mol. The molecule has 0 bridgehead atoms. The number of nitrogen functional groups attached to an aromatic ring is 1. The lowest BCUT2D eigenvalue weighted by Crippen LogP contribution is -2.25. The predicted octanol–water partition coefficient (Wildman–Crippen LogP) is 1.69. The van der Waals surface area contributed by atoms with E-state index in [9.17, 15) is 4.79 Å². The number of aromatic nitrogens is 4. The standard InChI is InChI=1S/C24H26N10O/c1-24(2,3)34-19-8-6-13(15-11-29-23(26)30-12-15)10-18(19)31-21(34)17-9-14(20(25)32-33-27)5-7-16(17)22(35)28-4/h5-12H,1-4H3,(H,28,35)(H3,25,27,32)(H2,26,29,30)/p+1. The summed E-state index contributed by atoms with van der Waals surface area (Å²) in [5.41, 5.74) is 21.4. The molecule has 11 nitrogen and oxygen atoms in total. The van der Waals surface area contributed by atoms with Gasteiger partial charge in [0.1, 0.15) is 11.0 Å². The fraction of sp³-hybridized carbons (Fsp3) is 0.208. The van der Waals surface area contributed by atoms with E-state index in [0.29, 0.717) is 22.5 Å². The van der Waals surface area contributed by atoms with Crippen molar-refractivity contribution in [2.45, 2.75) is 26.3 Å². The van der Waals surface area contributed by atoms with Gasteiger partial charge in [-0.1, -0.05) is 6.07 Å². The number of fused-ring (bicyclic) bond motifs is 1. The predicted molar refractivity (Wildman–Crippen MR) is 134 cm³/mol. The molecule has 2 aromatic heterocycles. The second-order valence-electron chi connectivity index (χ2n) is 8.92. The number of imidazole rings is 1. The fourth-order valence-electron chi connectivity index (χ4n) is 3.95. The van der Waals surface area contributed by atoms with Crippen LogP contribution >= 0.6 is 0 Å². The molecule has 0 aliphatic carbocycles. The normalized spacial score (nSPS) is 12.1. The molecule has 4 rings (SSSR count). The molecule has 0 aliphatic heterocycles. The van der Waals surface area contributed by atoms with Crippen LogP contribution in [0.15, 0.2) is 59.1 Å². The van der Waals surface area contributed by atoms with Crippen molar-refractivity contribution in [1.29, 1.82) is 0 Å². The number of amidine groups is 1. The molecule has 0 fully saturated rings. The third kappa shape index (κ3) is 4.43. The van der Waals surface area contributed by atoms with Crippen LogP contribution in [0.5, 0.6) is 0 Å².